The molecular weight excluding hydrogens is 448 g/mol. The van der Waals surface area contributed by atoms with Gasteiger partial charge in [0.25, 0.3) is 11.1 Å². The van der Waals surface area contributed by atoms with Crippen molar-refractivity contribution in [2.45, 2.75) is 0 Å². The van der Waals surface area contributed by atoms with Crippen LogP contribution in [0.1, 0.15) is 5.56 Å². The molecule has 33 heavy (non-hydrogen) atoms. The number of hydrogen-bond acceptors (Lipinski definition) is 8. The quantitative estimate of drug-likeness (QED) is 0.491. The van der Waals surface area contributed by atoms with Gasteiger partial charge in [0.05, 0.1) is 12.0 Å². The smallest absolute Gasteiger partial charge is 0.294 e. The lowest BCUT2D eigenvalue weighted by molar-refractivity contribution is -0.127. The summed E-state index contributed by atoms with van der Waals surface area (Å²) in [4.78, 5) is 38.6. The lowest BCUT2D eigenvalue weighted by Crippen LogP contribution is -2.36. The molecule has 0 bridgehead atoms. The molecule has 9 nitrogen and oxygen atoms in total. The number of anilines is 1. The molecule has 1 N–H and O–H groups in total. The highest BCUT2D eigenvalue weighted by Gasteiger charge is 2.36. The van der Waals surface area contributed by atoms with Gasteiger partial charge in [-0.25, -0.2) is 0 Å². The number of imide groups is 1. The number of thioether (sulfide) groups is 1. The van der Waals surface area contributed by atoms with E-state index in [-0.39, 0.29) is 18.3 Å². The molecule has 2 aliphatic heterocycles. The van der Waals surface area contributed by atoms with Gasteiger partial charge >= 0.3 is 0 Å². The number of fused-ring (bicyclic) bond motifs is 1. The number of carbonyl (C=O) groups excluding carboxylic acids is 3. The number of nitrogens with one attached hydrogen (secondary N) is 1. The van der Waals surface area contributed by atoms with Crippen molar-refractivity contribution in [3.05, 3.63) is 46.9 Å². The van der Waals surface area contributed by atoms with Gasteiger partial charge in [-0.15, -0.1) is 6.42 Å². The van der Waals surface area contributed by atoms with E-state index in [0.717, 1.165) is 16.7 Å². The van der Waals surface area contributed by atoms with Gasteiger partial charge in [0.2, 0.25) is 12.7 Å². The second kappa shape index (κ2) is 9.58. The number of carbonyl (C=O) groups is 3. The lowest BCUT2D eigenvalue weighted by atomic mass is 10.2. The normalized spacial score (nSPS) is 15.5. The van der Waals surface area contributed by atoms with Crippen molar-refractivity contribution in [1.82, 2.24) is 4.90 Å². The number of ether oxygens (including phenoxy) is 4. The number of rotatable bonds is 7. The monoisotopic (exact) mass is 466 g/mol. The summed E-state index contributed by atoms with van der Waals surface area (Å²) in [5, 5.41) is 2.11. The summed E-state index contributed by atoms with van der Waals surface area (Å²) in [5.74, 6) is 3.27. The third kappa shape index (κ3) is 4.88. The van der Waals surface area contributed by atoms with E-state index in [1.807, 2.05) is 0 Å². The molecule has 3 amide bonds. The average molecular weight is 466 g/mol. The Morgan fingerprint density at radius 2 is 2.03 bits per heavy atom. The number of nitrogens with zero attached hydrogens (tertiary/aromatic N) is 1. The highest BCUT2D eigenvalue weighted by Crippen LogP contribution is 2.36. The molecule has 0 unspecified atom stereocenters. The largest absolute Gasteiger partial charge is 0.493 e. The van der Waals surface area contributed by atoms with Crippen LogP contribution in [-0.2, 0) is 9.59 Å². The van der Waals surface area contributed by atoms with Gasteiger partial charge in [0, 0.05) is 11.8 Å². The Morgan fingerprint density at radius 1 is 1.21 bits per heavy atom. The minimum atomic E-state index is -0.558. The van der Waals surface area contributed by atoms with Crippen LogP contribution in [0.2, 0.25) is 0 Å². The Balaban J connectivity index is 1.43. The number of terminal acetylenes is 1. The van der Waals surface area contributed by atoms with E-state index < -0.39 is 23.6 Å². The standard InChI is InChI=1S/C23H18N2O7S/c1-3-8-30-16-6-4-14(9-18(16)29-2)10-20-22(27)25(23(28)33-20)12-21(26)24-15-5-7-17-19(11-15)32-13-31-17/h1,4-7,9-11H,8,12-13H2,2H3,(H,24,26)/b20-10-. The predicted molar refractivity (Wildman–Crippen MR) is 121 cm³/mol. The first-order chi connectivity index (χ1) is 16.0. The van der Waals surface area contributed by atoms with Gasteiger partial charge in [-0.3, -0.25) is 19.3 Å². The number of hydrogen-bond donors (Lipinski definition) is 1. The van der Waals surface area contributed by atoms with E-state index in [0.29, 0.717) is 34.2 Å². The van der Waals surface area contributed by atoms with Gasteiger partial charge < -0.3 is 24.3 Å². The first-order valence-corrected chi connectivity index (χ1v) is 10.5. The van der Waals surface area contributed by atoms with E-state index in [4.69, 9.17) is 25.4 Å². The van der Waals surface area contributed by atoms with Gasteiger partial charge in [-0.1, -0.05) is 12.0 Å². The fourth-order valence-corrected chi connectivity index (χ4v) is 3.96. The maximum absolute atomic E-state index is 12.7. The Kier molecular flexibility index (Phi) is 6.42. The average Bonchev–Trinajstić information content (AvgIpc) is 3.37. The summed E-state index contributed by atoms with van der Waals surface area (Å²) in [6.45, 7) is -0.218. The highest BCUT2D eigenvalue weighted by molar-refractivity contribution is 8.18. The fraction of sp³-hybridized carbons (Fsp3) is 0.174. The van der Waals surface area contributed by atoms with Crippen molar-refractivity contribution >= 4 is 40.6 Å². The molecule has 4 rings (SSSR count). The van der Waals surface area contributed by atoms with Gasteiger partial charge in [-0.2, -0.15) is 0 Å². The Hall–Kier alpha value is -4.10. The van der Waals surface area contributed by atoms with Crippen LogP contribution in [0.4, 0.5) is 10.5 Å². The summed E-state index contributed by atoms with van der Waals surface area (Å²) in [6.07, 6.45) is 6.76. The maximum atomic E-state index is 12.7. The number of benzene rings is 2. The van der Waals surface area contributed by atoms with E-state index in [9.17, 15) is 14.4 Å². The van der Waals surface area contributed by atoms with Crippen molar-refractivity contribution in [2.75, 3.05) is 32.4 Å². The highest BCUT2D eigenvalue weighted by atomic mass is 32.2. The van der Waals surface area contributed by atoms with Crippen LogP contribution in [0.15, 0.2) is 41.3 Å². The van der Waals surface area contributed by atoms with Crippen LogP contribution in [0.3, 0.4) is 0 Å². The molecule has 0 aliphatic carbocycles. The Labute approximate surface area is 193 Å². The summed E-state index contributed by atoms with van der Waals surface area (Å²) < 4.78 is 21.2. The Bertz CT molecular complexity index is 1200. The third-order valence-electron chi connectivity index (χ3n) is 4.63. The predicted octanol–water partition coefficient (Wildman–Crippen LogP) is 3.11. The molecule has 2 aromatic carbocycles. The van der Waals surface area contributed by atoms with Crippen molar-refractivity contribution in [1.29, 1.82) is 0 Å². The van der Waals surface area contributed by atoms with E-state index >= 15 is 0 Å². The Morgan fingerprint density at radius 3 is 2.82 bits per heavy atom. The second-order valence-electron chi connectivity index (χ2n) is 6.79. The molecule has 0 atom stereocenters. The van der Waals surface area contributed by atoms with Crippen LogP contribution < -0.4 is 24.3 Å². The van der Waals surface area contributed by atoms with Crippen molar-refractivity contribution in [3.63, 3.8) is 0 Å². The van der Waals surface area contributed by atoms with Gasteiger partial charge in [0.1, 0.15) is 13.2 Å². The zero-order chi connectivity index (χ0) is 23.4. The van der Waals surface area contributed by atoms with Crippen LogP contribution >= 0.6 is 11.8 Å². The molecule has 168 valence electrons. The zero-order valence-electron chi connectivity index (χ0n) is 17.5. The van der Waals surface area contributed by atoms with Crippen LogP contribution in [0, 0.1) is 12.3 Å². The van der Waals surface area contributed by atoms with Crippen molar-refractivity contribution in [3.8, 4) is 35.3 Å². The van der Waals surface area contributed by atoms with Crippen LogP contribution in [0.25, 0.3) is 6.08 Å². The van der Waals surface area contributed by atoms with E-state index in [1.54, 1.807) is 42.5 Å². The topological polar surface area (TPSA) is 103 Å². The molecule has 2 heterocycles. The first-order valence-electron chi connectivity index (χ1n) is 9.67. The molecule has 0 spiro atoms. The fourth-order valence-electron chi connectivity index (χ4n) is 3.12. The second-order valence-corrected chi connectivity index (χ2v) is 7.78. The van der Waals surface area contributed by atoms with Gasteiger partial charge in [-0.05, 0) is 47.7 Å². The molecule has 0 saturated carbocycles. The molecule has 0 aromatic heterocycles. The molecular formula is C23H18N2O7S. The lowest BCUT2D eigenvalue weighted by Gasteiger charge is -2.12. The molecule has 2 aliphatic rings. The zero-order valence-corrected chi connectivity index (χ0v) is 18.3. The third-order valence-corrected chi connectivity index (χ3v) is 5.54. The van der Waals surface area contributed by atoms with Gasteiger partial charge in [0.15, 0.2) is 23.0 Å². The molecule has 2 aromatic rings. The van der Waals surface area contributed by atoms with E-state index in [1.165, 1.54) is 7.11 Å². The minimum Gasteiger partial charge on any atom is -0.493 e. The SMILES string of the molecule is C#CCOc1ccc(/C=C2\SC(=O)N(CC(=O)Nc3ccc4c(c3)OCO4)C2=O)cc1OC. The van der Waals surface area contributed by atoms with Crippen molar-refractivity contribution < 1.29 is 33.3 Å². The number of amides is 3. The number of methoxy groups -OCH3 is 1. The summed E-state index contributed by atoms with van der Waals surface area (Å²) in [5.41, 5.74) is 1.08. The minimum absolute atomic E-state index is 0.0862. The molecule has 0 radical (unpaired) electrons. The van der Waals surface area contributed by atoms with Crippen LogP contribution in [0.5, 0.6) is 23.0 Å². The van der Waals surface area contributed by atoms with Crippen LogP contribution in [-0.4, -0.2) is 49.0 Å². The summed E-state index contributed by atoms with van der Waals surface area (Å²) in [6, 6.07) is 9.94. The first kappa shape index (κ1) is 22.1. The molecule has 1 fully saturated rings. The van der Waals surface area contributed by atoms with E-state index in [2.05, 4.69) is 11.2 Å². The summed E-state index contributed by atoms with van der Waals surface area (Å²) >= 11 is 0.756. The molecule has 10 heteroatoms. The van der Waals surface area contributed by atoms with Crippen molar-refractivity contribution in [2.24, 2.45) is 0 Å². The summed E-state index contributed by atoms with van der Waals surface area (Å²) in [7, 11) is 1.48. The molecule has 1 saturated heterocycles. The maximum Gasteiger partial charge on any atom is 0.294 e.